The van der Waals surface area contributed by atoms with E-state index in [0.717, 1.165) is 25.9 Å². The van der Waals surface area contributed by atoms with Crippen LogP contribution >= 0.6 is 0 Å². The van der Waals surface area contributed by atoms with E-state index in [0.29, 0.717) is 24.9 Å². The lowest BCUT2D eigenvalue weighted by Crippen LogP contribution is -2.41. The van der Waals surface area contributed by atoms with E-state index in [1.54, 1.807) is 7.05 Å². The van der Waals surface area contributed by atoms with Crippen LogP contribution in [0.5, 0.6) is 0 Å². The number of hydrogen-bond acceptors (Lipinski definition) is 3. The van der Waals surface area contributed by atoms with Crippen molar-refractivity contribution in [2.24, 2.45) is 11.8 Å². The topological polar surface area (TPSA) is 61.4 Å². The van der Waals surface area contributed by atoms with Gasteiger partial charge >= 0.3 is 0 Å². The molecule has 5 nitrogen and oxygen atoms in total. The van der Waals surface area contributed by atoms with Gasteiger partial charge in [-0.05, 0) is 37.8 Å². The molecule has 0 aromatic carbocycles. The van der Waals surface area contributed by atoms with Gasteiger partial charge < -0.3 is 5.32 Å². The summed E-state index contributed by atoms with van der Waals surface area (Å²) in [6.07, 6.45) is 4.44. The lowest BCUT2D eigenvalue weighted by Gasteiger charge is -2.21. The Bertz CT molecular complexity index is 346. The first-order valence-electron chi connectivity index (χ1n) is 7.39. The minimum Gasteiger partial charge on any atom is -0.317 e. The fourth-order valence-corrected chi connectivity index (χ4v) is 3.59. The molecule has 2 N–H and O–H groups in total. The smallest absolute Gasteiger partial charge is 0.279 e. The molecule has 1 saturated carbocycles. The molecule has 0 aliphatic heterocycles. The van der Waals surface area contributed by atoms with Crippen molar-refractivity contribution in [3.8, 4) is 0 Å². The summed E-state index contributed by atoms with van der Waals surface area (Å²) in [5.41, 5.74) is 0. The molecule has 0 saturated heterocycles. The fraction of sp³-hybridized carbons (Fsp3) is 1.00. The SMILES string of the molecule is CCNCCCN(C)S(=O)(=O)NCC1CCCC1C. The molecule has 19 heavy (non-hydrogen) atoms. The van der Waals surface area contributed by atoms with E-state index in [2.05, 4.69) is 17.0 Å². The van der Waals surface area contributed by atoms with Crippen LogP contribution in [0.1, 0.15) is 39.5 Å². The molecule has 0 heterocycles. The Morgan fingerprint density at radius 2 is 2.05 bits per heavy atom. The molecule has 1 fully saturated rings. The molecule has 1 aliphatic rings. The van der Waals surface area contributed by atoms with E-state index >= 15 is 0 Å². The Labute approximate surface area is 118 Å². The molecule has 1 aliphatic carbocycles. The molecule has 0 spiro atoms. The number of nitrogens with one attached hydrogen (secondary N) is 2. The molecular weight excluding hydrogens is 262 g/mol. The van der Waals surface area contributed by atoms with Gasteiger partial charge in [0.2, 0.25) is 0 Å². The maximum absolute atomic E-state index is 12.1. The third-order valence-electron chi connectivity index (χ3n) is 4.05. The van der Waals surface area contributed by atoms with Gasteiger partial charge in [0.05, 0.1) is 0 Å². The molecule has 114 valence electrons. The second-order valence-electron chi connectivity index (χ2n) is 5.55. The van der Waals surface area contributed by atoms with Gasteiger partial charge in [-0.15, -0.1) is 0 Å². The maximum Gasteiger partial charge on any atom is 0.279 e. The molecule has 6 heteroatoms. The van der Waals surface area contributed by atoms with Crippen molar-refractivity contribution in [2.45, 2.75) is 39.5 Å². The predicted octanol–water partition coefficient (Wildman–Crippen LogP) is 1.19. The van der Waals surface area contributed by atoms with Crippen molar-refractivity contribution in [3.63, 3.8) is 0 Å². The summed E-state index contributed by atoms with van der Waals surface area (Å²) in [6, 6.07) is 0. The van der Waals surface area contributed by atoms with Gasteiger partial charge in [0, 0.05) is 20.1 Å². The van der Waals surface area contributed by atoms with Gasteiger partial charge in [-0.2, -0.15) is 12.7 Å². The van der Waals surface area contributed by atoms with E-state index in [1.165, 1.54) is 17.1 Å². The number of rotatable bonds is 9. The average molecular weight is 291 g/mol. The number of nitrogens with zero attached hydrogens (tertiary/aromatic N) is 1. The van der Waals surface area contributed by atoms with Gasteiger partial charge in [0.25, 0.3) is 10.2 Å². The van der Waals surface area contributed by atoms with Crippen LogP contribution in [0, 0.1) is 11.8 Å². The molecule has 0 aromatic heterocycles. The van der Waals surface area contributed by atoms with Crippen LogP contribution in [0.25, 0.3) is 0 Å². The van der Waals surface area contributed by atoms with Crippen molar-refractivity contribution >= 4 is 10.2 Å². The number of hydrogen-bond donors (Lipinski definition) is 2. The highest BCUT2D eigenvalue weighted by atomic mass is 32.2. The van der Waals surface area contributed by atoms with Crippen LogP contribution in [0.2, 0.25) is 0 Å². The van der Waals surface area contributed by atoms with E-state index in [1.807, 2.05) is 6.92 Å². The highest BCUT2D eigenvalue weighted by Gasteiger charge is 2.25. The lowest BCUT2D eigenvalue weighted by atomic mass is 9.99. The zero-order valence-corrected chi connectivity index (χ0v) is 13.3. The molecule has 0 amide bonds. The molecule has 0 radical (unpaired) electrons. The summed E-state index contributed by atoms with van der Waals surface area (Å²) in [5.74, 6) is 1.15. The minimum absolute atomic E-state index is 0.505. The molecule has 0 aromatic rings. The molecule has 2 atom stereocenters. The summed E-state index contributed by atoms with van der Waals surface area (Å²) in [6.45, 7) is 7.19. The van der Waals surface area contributed by atoms with E-state index in [4.69, 9.17) is 0 Å². The quantitative estimate of drug-likeness (QED) is 0.627. The normalized spacial score (nSPS) is 24.2. The van der Waals surface area contributed by atoms with Crippen molar-refractivity contribution in [1.29, 1.82) is 0 Å². The minimum atomic E-state index is -3.30. The standard InChI is InChI=1S/C13H29N3O2S/c1-4-14-9-6-10-16(3)19(17,18)15-11-13-8-5-7-12(13)2/h12-15H,4-11H2,1-3H3. The summed E-state index contributed by atoms with van der Waals surface area (Å²) in [7, 11) is -1.66. The van der Waals surface area contributed by atoms with Gasteiger partial charge in [0.1, 0.15) is 0 Å². The van der Waals surface area contributed by atoms with E-state index in [9.17, 15) is 8.42 Å². The Balaban J connectivity index is 2.29. The highest BCUT2D eigenvalue weighted by Crippen LogP contribution is 2.30. The average Bonchev–Trinajstić information content (AvgIpc) is 2.77. The third-order valence-corrected chi connectivity index (χ3v) is 5.59. The monoisotopic (exact) mass is 291 g/mol. The zero-order chi connectivity index (χ0) is 14.3. The van der Waals surface area contributed by atoms with Crippen LogP contribution in [-0.2, 0) is 10.2 Å². The molecule has 1 rings (SSSR count). The lowest BCUT2D eigenvalue weighted by molar-refractivity contribution is 0.398. The van der Waals surface area contributed by atoms with Crippen LogP contribution in [0.15, 0.2) is 0 Å². The molecule has 0 bridgehead atoms. The third kappa shape index (κ3) is 5.77. The summed E-state index contributed by atoms with van der Waals surface area (Å²) in [5, 5.41) is 3.20. The Morgan fingerprint density at radius 1 is 1.32 bits per heavy atom. The Kier molecular flexibility index (Phi) is 7.28. The summed E-state index contributed by atoms with van der Waals surface area (Å²) < 4.78 is 28.3. The van der Waals surface area contributed by atoms with Crippen LogP contribution in [0.4, 0.5) is 0 Å². The Morgan fingerprint density at radius 3 is 2.63 bits per heavy atom. The van der Waals surface area contributed by atoms with Gasteiger partial charge in [-0.3, -0.25) is 0 Å². The predicted molar refractivity (Wildman–Crippen MR) is 79.2 cm³/mol. The largest absolute Gasteiger partial charge is 0.317 e. The molecule has 2 unspecified atom stereocenters. The first-order chi connectivity index (χ1) is 8.97. The first-order valence-corrected chi connectivity index (χ1v) is 8.83. The van der Waals surface area contributed by atoms with Crippen molar-refractivity contribution in [2.75, 3.05) is 33.2 Å². The maximum atomic E-state index is 12.1. The van der Waals surface area contributed by atoms with E-state index < -0.39 is 10.2 Å². The fourth-order valence-electron chi connectivity index (χ4n) is 2.57. The van der Waals surface area contributed by atoms with Crippen molar-refractivity contribution < 1.29 is 8.42 Å². The first kappa shape index (κ1) is 16.9. The zero-order valence-electron chi connectivity index (χ0n) is 12.5. The second kappa shape index (κ2) is 8.19. The van der Waals surface area contributed by atoms with Crippen molar-refractivity contribution in [1.82, 2.24) is 14.3 Å². The summed E-state index contributed by atoms with van der Waals surface area (Å²) >= 11 is 0. The van der Waals surface area contributed by atoms with Gasteiger partial charge in [-0.25, -0.2) is 4.72 Å². The summed E-state index contributed by atoms with van der Waals surface area (Å²) in [4.78, 5) is 0. The van der Waals surface area contributed by atoms with Crippen molar-refractivity contribution in [3.05, 3.63) is 0 Å². The van der Waals surface area contributed by atoms with Crippen LogP contribution < -0.4 is 10.0 Å². The molecular formula is C13H29N3O2S. The van der Waals surface area contributed by atoms with Crippen LogP contribution in [-0.4, -0.2) is 45.9 Å². The van der Waals surface area contributed by atoms with Gasteiger partial charge in [0.15, 0.2) is 0 Å². The highest BCUT2D eigenvalue weighted by molar-refractivity contribution is 7.87. The van der Waals surface area contributed by atoms with Crippen LogP contribution in [0.3, 0.4) is 0 Å². The Hall–Kier alpha value is -0.170. The second-order valence-corrected chi connectivity index (χ2v) is 7.41. The van der Waals surface area contributed by atoms with Gasteiger partial charge in [-0.1, -0.05) is 26.7 Å². The van der Waals surface area contributed by atoms with E-state index in [-0.39, 0.29) is 0 Å².